The van der Waals surface area contributed by atoms with Crippen LogP contribution in [-0.2, 0) is 15.9 Å². The van der Waals surface area contributed by atoms with Gasteiger partial charge in [0.25, 0.3) is 0 Å². The maximum atomic E-state index is 12.1. The third-order valence-electron chi connectivity index (χ3n) is 2.46. The molecule has 0 bridgehead atoms. The number of hydrogen-bond donors (Lipinski definition) is 0. The third kappa shape index (κ3) is 3.99. The summed E-state index contributed by atoms with van der Waals surface area (Å²) in [5.74, 6) is -0.289. The van der Waals surface area contributed by atoms with E-state index in [1.807, 2.05) is 6.07 Å². The van der Waals surface area contributed by atoms with Crippen LogP contribution >= 0.6 is 15.9 Å². The summed E-state index contributed by atoms with van der Waals surface area (Å²) in [7, 11) is -3.96. The average molecular weight is 387 g/mol. The highest BCUT2D eigenvalue weighted by atomic mass is 79.9. The molecule has 0 fully saturated rings. The molecule has 116 valence electrons. The van der Waals surface area contributed by atoms with Gasteiger partial charge in [-0.05, 0) is 28.9 Å². The van der Waals surface area contributed by atoms with Crippen molar-refractivity contribution in [1.82, 2.24) is 5.16 Å². The maximum Gasteiger partial charge on any atom is 0.315 e. The van der Waals surface area contributed by atoms with Crippen LogP contribution in [-0.4, -0.2) is 20.2 Å². The van der Waals surface area contributed by atoms with Gasteiger partial charge in [-0.15, -0.1) is 0 Å². The first-order chi connectivity index (χ1) is 10.4. The Kier molecular flexibility index (Phi) is 5.05. The zero-order chi connectivity index (χ0) is 16.2. The molecule has 22 heavy (non-hydrogen) atoms. The predicted octanol–water partition coefficient (Wildman–Crippen LogP) is 2.62. The Morgan fingerprint density at radius 1 is 1.45 bits per heavy atom. The molecular formula is C13H11BrN2O5S. The molecule has 7 nitrogen and oxygen atoms in total. The summed E-state index contributed by atoms with van der Waals surface area (Å²) in [6.07, 6.45) is 1.27. The van der Waals surface area contributed by atoms with E-state index in [0.717, 1.165) is 0 Å². The summed E-state index contributed by atoms with van der Waals surface area (Å²) >= 11 is 3.18. The molecule has 1 aromatic heterocycles. The molecule has 0 saturated heterocycles. The van der Waals surface area contributed by atoms with E-state index in [1.54, 1.807) is 6.92 Å². The SMILES string of the molecule is CCOc1cc(C#N)cc(Br)c1OS(=O)(=O)Cc1ccon1. The number of halogens is 1. The van der Waals surface area contributed by atoms with E-state index in [0.29, 0.717) is 16.6 Å². The third-order valence-corrected chi connectivity index (χ3v) is 4.12. The average Bonchev–Trinajstić information content (AvgIpc) is 2.94. The first kappa shape index (κ1) is 16.3. The molecule has 0 aliphatic heterocycles. The standard InChI is InChI=1S/C13H11BrN2O5S/c1-2-19-12-6-9(7-15)5-11(14)13(12)21-22(17,18)8-10-3-4-20-16-10/h3-6H,2,8H2,1H3. The molecule has 2 rings (SSSR count). The summed E-state index contributed by atoms with van der Waals surface area (Å²) in [6.45, 7) is 2.03. The van der Waals surface area contributed by atoms with Gasteiger partial charge in [0, 0.05) is 12.1 Å². The Bertz CT molecular complexity index is 797. The lowest BCUT2D eigenvalue weighted by Crippen LogP contribution is -2.13. The maximum absolute atomic E-state index is 12.1. The second kappa shape index (κ2) is 6.81. The van der Waals surface area contributed by atoms with Crippen molar-refractivity contribution in [3.63, 3.8) is 0 Å². The fourth-order valence-corrected chi connectivity index (χ4v) is 3.25. The van der Waals surface area contributed by atoms with Crippen LogP contribution in [0.5, 0.6) is 11.5 Å². The van der Waals surface area contributed by atoms with E-state index < -0.39 is 15.9 Å². The summed E-state index contributed by atoms with van der Waals surface area (Å²) in [5.41, 5.74) is 0.541. The number of benzene rings is 1. The number of hydrogen-bond acceptors (Lipinski definition) is 7. The van der Waals surface area contributed by atoms with Gasteiger partial charge >= 0.3 is 10.1 Å². The molecule has 0 saturated carbocycles. The van der Waals surface area contributed by atoms with E-state index in [9.17, 15) is 8.42 Å². The smallest absolute Gasteiger partial charge is 0.315 e. The Balaban J connectivity index is 2.33. The van der Waals surface area contributed by atoms with Crippen molar-refractivity contribution >= 4 is 26.0 Å². The van der Waals surface area contributed by atoms with Gasteiger partial charge in [0.15, 0.2) is 11.5 Å². The van der Waals surface area contributed by atoms with Gasteiger partial charge in [0.1, 0.15) is 17.7 Å². The van der Waals surface area contributed by atoms with E-state index in [-0.39, 0.29) is 17.2 Å². The molecule has 0 spiro atoms. The van der Waals surface area contributed by atoms with Gasteiger partial charge in [0.05, 0.1) is 22.7 Å². The molecule has 0 unspecified atom stereocenters. The van der Waals surface area contributed by atoms with E-state index in [1.165, 1.54) is 24.5 Å². The molecule has 1 aromatic carbocycles. The molecule has 0 amide bonds. The van der Waals surface area contributed by atoms with Crippen molar-refractivity contribution in [3.05, 3.63) is 40.2 Å². The van der Waals surface area contributed by atoms with Crippen LogP contribution in [0, 0.1) is 11.3 Å². The molecule has 0 aliphatic carbocycles. The predicted molar refractivity (Wildman–Crippen MR) is 79.8 cm³/mol. The van der Waals surface area contributed by atoms with Crippen LogP contribution in [0.4, 0.5) is 0 Å². The normalized spacial score (nSPS) is 11.0. The first-order valence-corrected chi connectivity index (χ1v) is 8.50. The van der Waals surface area contributed by atoms with Crippen molar-refractivity contribution < 1.29 is 21.9 Å². The van der Waals surface area contributed by atoms with Crippen molar-refractivity contribution in [2.75, 3.05) is 6.61 Å². The molecule has 2 aromatic rings. The van der Waals surface area contributed by atoms with Gasteiger partial charge in [-0.25, -0.2) is 0 Å². The van der Waals surface area contributed by atoms with E-state index >= 15 is 0 Å². The van der Waals surface area contributed by atoms with Gasteiger partial charge in [0.2, 0.25) is 0 Å². The summed E-state index contributed by atoms with van der Waals surface area (Å²) in [4.78, 5) is 0. The minimum atomic E-state index is -3.96. The van der Waals surface area contributed by atoms with Crippen LogP contribution in [0.1, 0.15) is 18.2 Å². The van der Waals surface area contributed by atoms with Gasteiger partial charge in [-0.1, -0.05) is 5.16 Å². The molecule has 9 heteroatoms. The van der Waals surface area contributed by atoms with Crippen LogP contribution in [0.15, 0.2) is 33.5 Å². The lowest BCUT2D eigenvalue weighted by atomic mass is 10.2. The number of aromatic nitrogens is 1. The number of nitriles is 1. The number of nitrogens with zero attached hydrogens (tertiary/aromatic N) is 2. The number of rotatable bonds is 6. The second-order valence-electron chi connectivity index (χ2n) is 4.11. The van der Waals surface area contributed by atoms with E-state index in [4.69, 9.17) is 14.2 Å². The van der Waals surface area contributed by atoms with Gasteiger partial charge in [-0.3, -0.25) is 0 Å². The van der Waals surface area contributed by atoms with Crippen LogP contribution in [0.2, 0.25) is 0 Å². The van der Waals surface area contributed by atoms with E-state index in [2.05, 4.69) is 25.6 Å². The van der Waals surface area contributed by atoms with Crippen molar-refractivity contribution in [2.45, 2.75) is 12.7 Å². The fourth-order valence-electron chi connectivity index (χ4n) is 1.63. The van der Waals surface area contributed by atoms with Crippen molar-refractivity contribution in [2.24, 2.45) is 0 Å². The minimum Gasteiger partial charge on any atom is -0.490 e. The minimum absolute atomic E-state index is 0.00987. The lowest BCUT2D eigenvalue weighted by molar-refractivity contribution is 0.326. The summed E-state index contributed by atoms with van der Waals surface area (Å²) < 4.78 is 39.5. The van der Waals surface area contributed by atoms with Crippen molar-refractivity contribution in [3.8, 4) is 17.6 Å². The molecule has 0 atom stereocenters. The molecule has 0 radical (unpaired) electrons. The highest BCUT2D eigenvalue weighted by Crippen LogP contribution is 2.38. The first-order valence-electron chi connectivity index (χ1n) is 6.13. The Hall–Kier alpha value is -2.05. The monoisotopic (exact) mass is 386 g/mol. The fraction of sp³-hybridized carbons (Fsp3) is 0.231. The summed E-state index contributed by atoms with van der Waals surface area (Å²) in [5, 5.41) is 12.5. The topological polar surface area (TPSA) is 102 Å². The highest BCUT2D eigenvalue weighted by Gasteiger charge is 2.21. The second-order valence-corrected chi connectivity index (χ2v) is 6.53. The van der Waals surface area contributed by atoms with Crippen molar-refractivity contribution in [1.29, 1.82) is 5.26 Å². The number of ether oxygens (including phenoxy) is 1. The Morgan fingerprint density at radius 3 is 2.82 bits per heavy atom. The molecule has 1 heterocycles. The molecule has 0 aliphatic rings. The Morgan fingerprint density at radius 2 is 2.23 bits per heavy atom. The largest absolute Gasteiger partial charge is 0.490 e. The van der Waals surface area contributed by atoms with Crippen LogP contribution in [0.3, 0.4) is 0 Å². The Labute approximate surface area is 135 Å². The zero-order valence-corrected chi connectivity index (χ0v) is 13.8. The van der Waals surface area contributed by atoms with Crippen LogP contribution in [0.25, 0.3) is 0 Å². The zero-order valence-electron chi connectivity index (χ0n) is 11.4. The lowest BCUT2D eigenvalue weighted by Gasteiger charge is -2.13. The summed E-state index contributed by atoms with van der Waals surface area (Å²) in [6, 6.07) is 6.24. The highest BCUT2D eigenvalue weighted by molar-refractivity contribution is 9.10. The van der Waals surface area contributed by atoms with Crippen LogP contribution < -0.4 is 8.92 Å². The molecule has 0 N–H and O–H groups in total. The van der Waals surface area contributed by atoms with Gasteiger partial charge in [-0.2, -0.15) is 13.7 Å². The molecular weight excluding hydrogens is 376 g/mol. The quantitative estimate of drug-likeness (QED) is 0.702. The van der Waals surface area contributed by atoms with Gasteiger partial charge < -0.3 is 13.4 Å².